The van der Waals surface area contributed by atoms with Gasteiger partial charge in [-0.3, -0.25) is 4.79 Å². The first kappa shape index (κ1) is 28.1. The first-order valence-corrected chi connectivity index (χ1v) is 12.8. The van der Waals surface area contributed by atoms with Crippen molar-refractivity contribution >= 4 is 18.3 Å². The van der Waals surface area contributed by atoms with Crippen LogP contribution in [0.3, 0.4) is 0 Å². The number of imidazole rings is 1. The van der Waals surface area contributed by atoms with Crippen LogP contribution >= 0.6 is 12.4 Å². The summed E-state index contributed by atoms with van der Waals surface area (Å²) < 4.78 is 41.7. The predicted octanol–water partition coefficient (Wildman–Crippen LogP) is 5.12. The maximum Gasteiger partial charge on any atom is 0.416 e. The second kappa shape index (κ2) is 11.9. The first-order chi connectivity index (χ1) is 17.8. The molecule has 1 aromatic heterocycles. The number of benzene rings is 2. The Labute approximate surface area is 226 Å². The third kappa shape index (κ3) is 5.90. The summed E-state index contributed by atoms with van der Waals surface area (Å²) in [5.41, 5.74) is 1.65. The van der Waals surface area contributed by atoms with Crippen LogP contribution < -0.4 is 5.32 Å². The minimum absolute atomic E-state index is 0. The predicted molar refractivity (Wildman–Crippen MR) is 141 cm³/mol. The highest BCUT2D eigenvalue weighted by molar-refractivity contribution is 5.98. The number of nitrogens with zero attached hydrogens (tertiary/aromatic N) is 3. The minimum atomic E-state index is -4.42. The Kier molecular flexibility index (Phi) is 8.80. The molecule has 2 aromatic carbocycles. The van der Waals surface area contributed by atoms with Crippen LogP contribution in [0.5, 0.6) is 0 Å². The van der Waals surface area contributed by atoms with Gasteiger partial charge in [-0.25, -0.2) is 4.98 Å². The number of rotatable bonds is 5. The van der Waals surface area contributed by atoms with E-state index >= 15 is 0 Å². The van der Waals surface area contributed by atoms with E-state index in [1.54, 1.807) is 17.3 Å². The monoisotopic (exact) mass is 548 g/mol. The molecule has 1 amide bonds. The van der Waals surface area contributed by atoms with Crippen molar-refractivity contribution in [2.75, 3.05) is 19.6 Å². The topological polar surface area (TPSA) is 70.4 Å². The molecule has 0 spiro atoms. The van der Waals surface area contributed by atoms with Crippen molar-refractivity contribution in [2.45, 2.75) is 56.5 Å². The van der Waals surface area contributed by atoms with Gasteiger partial charge in [0.05, 0.1) is 29.7 Å². The molecule has 1 saturated heterocycles. The van der Waals surface area contributed by atoms with Crippen LogP contribution in [0.15, 0.2) is 60.9 Å². The number of amides is 1. The van der Waals surface area contributed by atoms with Gasteiger partial charge >= 0.3 is 6.18 Å². The number of alkyl halides is 3. The molecule has 38 heavy (non-hydrogen) atoms. The van der Waals surface area contributed by atoms with Crippen LogP contribution in [0.1, 0.15) is 53.3 Å². The van der Waals surface area contributed by atoms with Crippen LogP contribution in [0.25, 0.3) is 11.3 Å². The van der Waals surface area contributed by atoms with Crippen LogP contribution in [0.2, 0.25) is 0 Å². The lowest BCUT2D eigenvalue weighted by Crippen LogP contribution is -2.54. The van der Waals surface area contributed by atoms with E-state index in [0.29, 0.717) is 49.4 Å². The number of piperazine rings is 1. The smallest absolute Gasteiger partial charge is 0.391 e. The zero-order chi connectivity index (χ0) is 26.0. The maximum absolute atomic E-state index is 14.0. The molecule has 2 fully saturated rings. The molecule has 10 heteroatoms. The number of halogens is 4. The summed E-state index contributed by atoms with van der Waals surface area (Å²) in [5.74, 6) is -0.249. The Bertz CT molecular complexity index is 1230. The molecule has 1 saturated carbocycles. The summed E-state index contributed by atoms with van der Waals surface area (Å²) in [6.07, 6.45) is 0.488. The Hall–Kier alpha value is -2.88. The van der Waals surface area contributed by atoms with Gasteiger partial charge in [-0.05, 0) is 30.9 Å². The van der Waals surface area contributed by atoms with Crippen molar-refractivity contribution < 1.29 is 23.1 Å². The summed E-state index contributed by atoms with van der Waals surface area (Å²) in [6.45, 7) is 1.49. The van der Waals surface area contributed by atoms with Crippen molar-refractivity contribution in [2.24, 2.45) is 0 Å². The van der Waals surface area contributed by atoms with Crippen LogP contribution in [0, 0.1) is 0 Å². The fraction of sp³-hybridized carbons (Fsp3) is 0.429. The second-order valence-corrected chi connectivity index (χ2v) is 9.89. The van der Waals surface area contributed by atoms with Gasteiger partial charge in [0, 0.05) is 31.2 Å². The zero-order valence-electron chi connectivity index (χ0n) is 20.9. The van der Waals surface area contributed by atoms with E-state index in [1.807, 2.05) is 34.9 Å². The van der Waals surface area contributed by atoms with Crippen molar-refractivity contribution in [3.05, 3.63) is 77.7 Å². The molecule has 3 aromatic rings. The Morgan fingerprint density at radius 2 is 1.84 bits per heavy atom. The van der Waals surface area contributed by atoms with Crippen LogP contribution in [-0.2, 0) is 12.6 Å². The van der Waals surface area contributed by atoms with E-state index in [-0.39, 0.29) is 30.4 Å². The van der Waals surface area contributed by atoms with E-state index in [2.05, 4.69) is 10.3 Å². The molecular weight excluding hydrogens is 517 g/mol. The molecule has 1 aliphatic heterocycles. The molecule has 6 nitrogen and oxygen atoms in total. The molecule has 1 aliphatic carbocycles. The molecule has 204 valence electrons. The van der Waals surface area contributed by atoms with Crippen molar-refractivity contribution in [1.29, 1.82) is 0 Å². The zero-order valence-corrected chi connectivity index (χ0v) is 21.7. The number of aliphatic hydroxyl groups is 1. The van der Waals surface area contributed by atoms with Gasteiger partial charge in [0.1, 0.15) is 0 Å². The lowest BCUT2D eigenvalue weighted by Gasteiger charge is -2.36. The lowest BCUT2D eigenvalue weighted by molar-refractivity contribution is -0.137. The minimum Gasteiger partial charge on any atom is -0.391 e. The normalized spacial score (nSPS) is 22.1. The van der Waals surface area contributed by atoms with Crippen molar-refractivity contribution in [3.63, 3.8) is 0 Å². The fourth-order valence-corrected chi connectivity index (χ4v) is 5.56. The molecule has 3 atom stereocenters. The molecular formula is C28H32ClF3N4O2. The number of aliphatic hydroxyl groups excluding tert-OH is 1. The Balaban J connectivity index is 0.00000336. The number of hydrogen-bond acceptors (Lipinski definition) is 4. The van der Waals surface area contributed by atoms with E-state index in [0.717, 1.165) is 37.0 Å². The molecule has 0 radical (unpaired) electrons. The van der Waals surface area contributed by atoms with E-state index in [1.165, 1.54) is 6.07 Å². The molecule has 2 N–H and O–H groups in total. The molecule has 5 rings (SSSR count). The van der Waals surface area contributed by atoms with Gasteiger partial charge in [0.2, 0.25) is 0 Å². The number of carbonyl (C=O) groups excluding carboxylic acids is 1. The Morgan fingerprint density at radius 1 is 1.08 bits per heavy atom. The SMILES string of the molecule is Cl.O=C(c1ncn([C@H]2CCCC[C@H]2O)c1-c1ccccc1)N1CCNC[C@H]1Cc1cccc(C(F)(F)F)c1. The summed E-state index contributed by atoms with van der Waals surface area (Å²) in [5, 5.41) is 14.0. The number of hydrogen-bond donors (Lipinski definition) is 2. The fourth-order valence-electron chi connectivity index (χ4n) is 5.56. The average Bonchev–Trinajstić information content (AvgIpc) is 3.34. The quantitative estimate of drug-likeness (QED) is 0.464. The van der Waals surface area contributed by atoms with E-state index in [9.17, 15) is 23.1 Å². The highest BCUT2D eigenvalue weighted by atomic mass is 35.5. The summed E-state index contributed by atoms with van der Waals surface area (Å²) in [4.78, 5) is 20.3. The van der Waals surface area contributed by atoms with E-state index in [4.69, 9.17) is 0 Å². The third-order valence-corrected chi connectivity index (χ3v) is 7.43. The Morgan fingerprint density at radius 3 is 2.58 bits per heavy atom. The maximum atomic E-state index is 14.0. The standard InChI is InChI=1S/C28H31F3N4O2.ClH/c29-28(30,31)21-10-6-7-19(15-21)16-22-17-32-13-14-34(22)27(37)25-26(20-8-2-1-3-9-20)35(18-33-25)23-11-4-5-12-24(23)36;/h1-3,6-10,15,18,22-24,32,36H,4-5,11-14,16-17H2;1H/t22-,23+,24-;/m1./s1. The average molecular weight is 549 g/mol. The highest BCUT2D eigenvalue weighted by Crippen LogP contribution is 2.35. The van der Waals surface area contributed by atoms with Gasteiger partial charge in [-0.1, -0.05) is 61.4 Å². The molecule has 0 bridgehead atoms. The van der Waals surface area contributed by atoms with Gasteiger partial charge in [-0.15, -0.1) is 12.4 Å². The number of nitrogens with one attached hydrogen (secondary N) is 1. The van der Waals surface area contributed by atoms with Crippen molar-refractivity contribution in [1.82, 2.24) is 19.8 Å². The number of carbonyl (C=O) groups is 1. The molecule has 2 aliphatic rings. The van der Waals surface area contributed by atoms with Crippen LogP contribution in [-0.4, -0.2) is 57.2 Å². The summed E-state index contributed by atoms with van der Waals surface area (Å²) >= 11 is 0. The largest absolute Gasteiger partial charge is 0.416 e. The molecule has 2 heterocycles. The first-order valence-electron chi connectivity index (χ1n) is 12.8. The van der Waals surface area contributed by atoms with Gasteiger partial charge in [-0.2, -0.15) is 13.2 Å². The third-order valence-electron chi connectivity index (χ3n) is 7.43. The van der Waals surface area contributed by atoms with Gasteiger partial charge in [0.25, 0.3) is 5.91 Å². The van der Waals surface area contributed by atoms with Crippen LogP contribution in [0.4, 0.5) is 13.2 Å². The summed E-state index contributed by atoms with van der Waals surface area (Å²) in [6, 6.07) is 14.4. The number of aromatic nitrogens is 2. The second-order valence-electron chi connectivity index (χ2n) is 9.89. The van der Waals surface area contributed by atoms with E-state index < -0.39 is 17.8 Å². The molecule has 0 unspecified atom stereocenters. The lowest BCUT2D eigenvalue weighted by atomic mass is 9.92. The van der Waals surface area contributed by atoms with Gasteiger partial charge in [0.15, 0.2) is 5.69 Å². The summed E-state index contributed by atoms with van der Waals surface area (Å²) in [7, 11) is 0. The van der Waals surface area contributed by atoms with Crippen molar-refractivity contribution in [3.8, 4) is 11.3 Å². The highest BCUT2D eigenvalue weighted by Gasteiger charge is 2.35. The van der Waals surface area contributed by atoms with Gasteiger partial charge < -0.3 is 19.9 Å².